The van der Waals surface area contributed by atoms with E-state index in [-0.39, 0.29) is 0 Å². The number of likely N-dealkylation sites (N-methyl/N-ethyl adjacent to an activating group) is 1. The highest BCUT2D eigenvalue weighted by molar-refractivity contribution is 5.05. The van der Waals surface area contributed by atoms with Crippen LogP contribution in [0.4, 0.5) is 0 Å². The predicted molar refractivity (Wildman–Crippen MR) is 68.9 cm³/mol. The van der Waals surface area contributed by atoms with Crippen LogP contribution in [0.3, 0.4) is 0 Å². The molecule has 4 aliphatic heterocycles. The maximum absolute atomic E-state index is 9.28. The van der Waals surface area contributed by atoms with Crippen LogP contribution >= 0.6 is 0 Å². The van der Waals surface area contributed by atoms with Crippen molar-refractivity contribution in [3.05, 3.63) is 0 Å². The first-order valence-corrected chi connectivity index (χ1v) is 7.26. The molecule has 4 heterocycles. The average molecular weight is 238 g/mol. The Kier molecular flexibility index (Phi) is 3.18. The summed E-state index contributed by atoms with van der Waals surface area (Å²) in [5, 5.41) is 9.28. The smallest absolute Gasteiger partial charge is 0.0457 e. The summed E-state index contributed by atoms with van der Waals surface area (Å²) < 4.78 is 0. The Balaban J connectivity index is 1.76. The fraction of sp³-hybridized carbons (Fsp3) is 1.00. The van der Waals surface area contributed by atoms with Gasteiger partial charge in [-0.2, -0.15) is 0 Å². The first-order valence-electron chi connectivity index (χ1n) is 7.26. The normalized spacial score (nSPS) is 47.1. The first-order chi connectivity index (χ1) is 8.20. The van der Waals surface area contributed by atoms with Gasteiger partial charge in [-0.3, -0.25) is 4.90 Å². The van der Waals surface area contributed by atoms with Crippen molar-refractivity contribution in [3.63, 3.8) is 0 Å². The molecule has 0 aromatic heterocycles. The highest BCUT2D eigenvalue weighted by Gasteiger charge is 2.51. The summed E-state index contributed by atoms with van der Waals surface area (Å²) in [6, 6.07) is 1.48. The minimum absolute atomic E-state index is 0.338. The highest BCUT2D eigenvalue weighted by Crippen LogP contribution is 2.44. The van der Waals surface area contributed by atoms with Gasteiger partial charge in [0.15, 0.2) is 0 Å². The third-order valence-corrected chi connectivity index (χ3v) is 5.45. The number of nitrogens with zero attached hydrogens (tertiary/aromatic N) is 2. The minimum atomic E-state index is 0.338. The Morgan fingerprint density at radius 2 is 2.00 bits per heavy atom. The van der Waals surface area contributed by atoms with Gasteiger partial charge in [0.25, 0.3) is 0 Å². The summed E-state index contributed by atoms with van der Waals surface area (Å²) in [5.74, 6) is 2.35. The molecular formula is C14H26N2O. The van der Waals surface area contributed by atoms with E-state index in [1.165, 1.54) is 32.5 Å². The van der Waals surface area contributed by atoms with Crippen molar-refractivity contribution in [2.45, 2.75) is 38.3 Å². The quantitative estimate of drug-likeness (QED) is 0.795. The van der Waals surface area contributed by atoms with Crippen molar-refractivity contribution in [2.24, 2.45) is 17.8 Å². The number of hydrogen-bond acceptors (Lipinski definition) is 3. The third kappa shape index (κ3) is 1.92. The van der Waals surface area contributed by atoms with E-state index < -0.39 is 0 Å². The minimum Gasteiger partial charge on any atom is -0.396 e. The monoisotopic (exact) mass is 238 g/mol. The van der Waals surface area contributed by atoms with Gasteiger partial charge in [-0.05, 0) is 57.2 Å². The molecule has 3 nitrogen and oxygen atoms in total. The molecule has 0 aromatic rings. The molecule has 0 spiro atoms. The molecule has 4 aliphatic rings. The van der Waals surface area contributed by atoms with E-state index in [2.05, 4.69) is 23.8 Å². The lowest BCUT2D eigenvalue weighted by molar-refractivity contribution is -0.000376. The van der Waals surface area contributed by atoms with E-state index in [1.54, 1.807) is 0 Å². The molecule has 1 N–H and O–H groups in total. The summed E-state index contributed by atoms with van der Waals surface area (Å²) in [4.78, 5) is 5.31. The number of rotatable bonds is 3. The van der Waals surface area contributed by atoms with Crippen molar-refractivity contribution in [1.29, 1.82) is 0 Å². The molecule has 0 radical (unpaired) electrons. The molecule has 0 aromatic carbocycles. The van der Waals surface area contributed by atoms with E-state index in [9.17, 15) is 5.11 Å². The average Bonchev–Trinajstić information content (AvgIpc) is 2.70. The van der Waals surface area contributed by atoms with Crippen LogP contribution in [0.5, 0.6) is 0 Å². The predicted octanol–water partition coefficient (Wildman–Crippen LogP) is 1.03. The molecule has 0 saturated carbocycles. The third-order valence-electron chi connectivity index (χ3n) is 5.45. The fourth-order valence-electron chi connectivity index (χ4n) is 4.52. The maximum Gasteiger partial charge on any atom is 0.0457 e. The Hall–Kier alpha value is -0.120. The number of piperidine rings is 3. The summed E-state index contributed by atoms with van der Waals surface area (Å²) >= 11 is 0. The molecule has 0 aliphatic carbocycles. The van der Waals surface area contributed by atoms with Gasteiger partial charge in [0.2, 0.25) is 0 Å². The van der Waals surface area contributed by atoms with Crippen LogP contribution in [0.25, 0.3) is 0 Å². The number of aliphatic hydroxyl groups is 1. The van der Waals surface area contributed by atoms with E-state index in [4.69, 9.17) is 0 Å². The molecule has 4 saturated heterocycles. The van der Waals surface area contributed by atoms with Gasteiger partial charge in [-0.1, -0.05) is 6.92 Å². The number of aliphatic hydroxyl groups excluding tert-OH is 1. The van der Waals surface area contributed by atoms with Gasteiger partial charge in [-0.25, -0.2) is 0 Å². The largest absolute Gasteiger partial charge is 0.396 e. The zero-order valence-corrected chi connectivity index (χ0v) is 11.2. The Morgan fingerprint density at radius 3 is 2.65 bits per heavy atom. The number of fused-ring (bicyclic) bond motifs is 2. The molecule has 4 rings (SSSR count). The summed E-state index contributed by atoms with van der Waals surface area (Å²) in [7, 11) is 2.29. The van der Waals surface area contributed by atoms with Crippen molar-refractivity contribution in [1.82, 2.24) is 9.80 Å². The van der Waals surface area contributed by atoms with E-state index in [0.717, 1.165) is 24.3 Å². The van der Waals surface area contributed by atoms with Gasteiger partial charge >= 0.3 is 0 Å². The van der Waals surface area contributed by atoms with Crippen LogP contribution in [0.1, 0.15) is 26.2 Å². The maximum atomic E-state index is 9.28. The molecule has 2 bridgehead atoms. The Labute approximate surface area is 105 Å². The van der Waals surface area contributed by atoms with Gasteiger partial charge < -0.3 is 10.0 Å². The molecule has 17 heavy (non-hydrogen) atoms. The summed E-state index contributed by atoms with van der Waals surface area (Å²) in [5.41, 5.74) is 0. The van der Waals surface area contributed by atoms with E-state index in [0.29, 0.717) is 18.6 Å². The zero-order chi connectivity index (χ0) is 12.0. The van der Waals surface area contributed by atoms with Gasteiger partial charge in [0, 0.05) is 25.2 Å². The lowest BCUT2D eigenvalue weighted by Gasteiger charge is -2.49. The molecule has 4 unspecified atom stereocenters. The van der Waals surface area contributed by atoms with Gasteiger partial charge in [-0.15, -0.1) is 0 Å². The Morgan fingerprint density at radius 1 is 1.29 bits per heavy atom. The number of hydrogen-bond donors (Lipinski definition) is 1. The van der Waals surface area contributed by atoms with E-state index in [1.807, 2.05) is 0 Å². The van der Waals surface area contributed by atoms with Crippen LogP contribution in [-0.4, -0.2) is 60.3 Å². The molecule has 98 valence electrons. The number of likely N-dealkylation sites (tertiary alicyclic amines) is 1. The van der Waals surface area contributed by atoms with Crippen molar-refractivity contribution >= 4 is 0 Å². The van der Waals surface area contributed by atoms with Gasteiger partial charge in [0.05, 0.1) is 0 Å². The van der Waals surface area contributed by atoms with Crippen LogP contribution < -0.4 is 0 Å². The molecule has 0 amide bonds. The Bertz CT molecular complexity index is 275. The molecule has 4 atom stereocenters. The van der Waals surface area contributed by atoms with E-state index >= 15 is 0 Å². The second-order valence-corrected chi connectivity index (χ2v) is 6.56. The topological polar surface area (TPSA) is 26.7 Å². The van der Waals surface area contributed by atoms with Crippen molar-refractivity contribution in [3.8, 4) is 0 Å². The second-order valence-electron chi connectivity index (χ2n) is 6.56. The molecular weight excluding hydrogens is 212 g/mol. The summed E-state index contributed by atoms with van der Waals surface area (Å²) in [6.45, 7) is 6.45. The molecule has 3 heteroatoms. The molecule has 4 fully saturated rings. The highest BCUT2D eigenvalue weighted by atomic mass is 16.3. The SMILES string of the molecule is CC(CO)CC1C2C(CN1C)C1CCN2CC1. The standard InChI is InChI=1S/C14H26N2O/c1-10(9-17)7-13-14-12(8-15(13)2)11-3-5-16(14)6-4-11/h10-14,17H,3-9H2,1-2H3. The zero-order valence-electron chi connectivity index (χ0n) is 11.2. The van der Waals surface area contributed by atoms with Crippen LogP contribution in [-0.2, 0) is 0 Å². The van der Waals surface area contributed by atoms with Gasteiger partial charge in [0.1, 0.15) is 0 Å². The first kappa shape index (κ1) is 11.9. The van der Waals surface area contributed by atoms with Crippen molar-refractivity contribution in [2.75, 3.05) is 33.3 Å². The summed E-state index contributed by atoms with van der Waals surface area (Å²) in [6.07, 6.45) is 4.02. The van der Waals surface area contributed by atoms with Crippen LogP contribution in [0.2, 0.25) is 0 Å². The van der Waals surface area contributed by atoms with Crippen LogP contribution in [0, 0.1) is 17.8 Å². The second kappa shape index (κ2) is 4.52. The van der Waals surface area contributed by atoms with Crippen molar-refractivity contribution < 1.29 is 5.11 Å². The fourth-order valence-corrected chi connectivity index (χ4v) is 4.52. The lowest BCUT2D eigenvalue weighted by atomic mass is 9.73. The lowest BCUT2D eigenvalue weighted by Crippen LogP contribution is -2.57. The van der Waals surface area contributed by atoms with Crippen LogP contribution in [0.15, 0.2) is 0 Å².